The normalized spacial score (nSPS) is 11.3. The van der Waals surface area contributed by atoms with Crippen LogP contribution in [0.1, 0.15) is 5.56 Å². The van der Waals surface area contributed by atoms with Crippen LogP contribution in [0, 0.1) is 6.92 Å². The number of hydrogen-bond acceptors (Lipinski definition) is 3. The highest BCUT2D eigenvalue weighted by atomic mass is 35.5. The van der Waals surface area contributed by atoms with Gasteiger partial charge in [0, 0.05) is 10.7 Å². The molecule has 0 fully saturated rings. The number of nitrogens with one attached hydrogen (secondary N) is 1. The first-order chi connectivity index (χ1) is 9.29. The number of benzene rings is 2. The molecular weight excluding hydrogens is 319 g/mol. The van der Waals surface area contributed by atoms with E-state index in [-0.39, 0.29) is 15.6 Å². The highest BCUT2D eigenvalue weighted by Gasteiger charge is 2.18. The second-order valence-corrected chi connectivity index (χ2v) is 6.75. The van der Waals surface area contributed by atoms with E-state index < -0.39 is 10.0 Å². The van der Waals surface area contributed by atoms with E-state index in [0.29, 0.717) is 16.3 Å². The van der Waals surface area contributed by atoms with Crippen LogP contribution in [-0.2, 0) is 10.0 Å². The zero-order valence-electron chi connectivity index (χ0n) is 10.5. The summed E-state index contributed by atoms with van der Waals surface area (Å²) in [6.07, 6.45) is 0. The van der Waals surface area contributed by atoms with Crippen LogP contribution in [0.3, 0.4) is 0 Å². The van der Waals surface area contributed by atoms with Crippen molar-refractivity contribution in [1.29, 1.82) is 0 Å². The van der Waals surface area contributed by atoms with Crippen LogP contribution < -0.4 is 10.5 Å². The van der Waals surface area contributed by atoms with Crippen LogP contribution in [-0.4, -0.2) is 8.42 Å². The molecule has 0 aliphatic rings. The number of aryl methyl sites for hydroxylation is 1. The van der Waals surface area contributed by atoms with Gasteiger partial charge in [-0.1, -0.05) is 29.3 Å². The van der Waals surface area contributed by atoms with Gasteiger partial charge in [0.1, 0.15) is 0 Å². The number of anilines is 2. The SMILES string of the molecule is Cc1ccc(Cl)cc1S(=O)(=O)Nc1cc(N)ccc1Cl. The van der Waals surface area contributed by atoms with E-state index in [1.54, 1.807) is 25.1 Å². The molecule has 0 bridgehead atoms. The summed E-state index contributed by atoms with van der Waals surface area (Å²) in [4.78, 5) is 0.100. The summed E-state index contributed by atoms with van der Waals surface area (Å²) in [5, 5.41) is 0.608. The van der Waals surface area contributed by atoms with Gasteiger partial charge in [-0.25, -0.2) is 8.42 Å². The van der Waals surface area contributed by atoms with E-state index >= 15 is 0 Å². The number of nitrogen functional groups attached to an aromatic ring is 1. The van der Waals surface area contributed by atoms with Gasteiger partial charge in [0.15, 0.2) is 0 Å². The Morgan fingerprint density at radius 3 is 2.50 bits per heavy atom. The van der Waals surface area contributed by atoms with Gasteiger partial charge in [-0.3, -0.25) is 4.72 Å². The minimum Gasteiger partial charge on any atom is -0.399 e. The number of sulfonamides is 1. The van der Waals surface area contributed by atoms with Gasteiger partial charge in [-0.05, 0) is 42.8 Å². The minimum atomic E-state index is -3.78. The Morgan fingerprint density at radius 1 is 1.10 bits per heavy atom. The summed E-state index contributed by atoms with van der Waals surface area (Å²) < 4.78 is 27.2. The monoisotopic (exact) mass is 330 g/mol. The maximum atomic E-state index is 12.4. The third-order valence-electron chi connectivity index (χ3n) is 2.67. The number of nitrogens with two attached hydrogens (primary N) is 1. The largest absolute Gasteiger partial charge is 0.399 e. The zero-order valence-corrected chi connectivity index (χ0v) is 12.9. The predicted molar refractivity (Wildman–Crippen MR) is 82.9 cm³/mol. The summed E-state index contributed by atoms with van der Waals surface area (Å²) in [7, 11) is -3.78. The molecule has 20 heavy (non-hydrogen) atoms. The van der Waals surface area contributed by atoms with Crippen molar-refractivity contribution in [2.45, 2.75) is 11.8 Å². The van der Waals surface area contributed by atoms with Gasteiger partial charge in [0.2, 0.25) is 0 Å². The van der Waals surface area contributed by atoms with Gasteiger partial charge in [-0.15, -0.1) is 0 Å². The topological polar surface area (TPSA) is 72.2 Å². The smallest absolute Gasteiger partial charge is 0.262 e. The van der Waals surface area contributed by atoms with E-state index in [4.69, 9.17) is 28.9 Å². The highest BCUT2D eigenvalue weighted by molar-refractivity contribution is 7.92. The molecule has 0 aliphatic carbocycles. The zero-order chi connectivity index (χ0) is 14.9. The molecule has 0 aliphatic heterocycles. The Bertz CT molecular complexity index is 761. The lowest BCUT2D eigenvalue weighted by Gasteiger charge is -2.12. The predicted octanol–water partition coefficient (Wildman–Crippen LogP) is 3.68. The lowest BCUT2D eigenvalue weighted by molar-refractivity contribution is 0.600. The second-order valence-electron chi connectivity index (χ2n) is 4.25. The summed E-state index contributed by atoms with van der Waals surface area (Å²) in [5.74, 6) is 0. The molecular formula is C13H12Cl2N2O2S. The van der Waals surface area contributed by atoms with E-state index in [1.165, 1.54) is 18.2 Å². The molecule has 0 heterocycles. The molecule has 0 spiro atoms. The molecule has 3 N–H and O–H groups in total. The number of halogens is 2. The fourth-order valence-electron chi connectivity index (χ4n) is 1.68. The summed E-state index contributed by atoms with van der Waals surface area (Å²) >= 11 is 11.8. The molecule has 106 valence electrons. The molecule has 0 saturated carbocycles. The molecule has 2 aromatic carbocycles. The standard InChI is InChI=1S/C13H12Cl2N2O2S/c1-8-2-3-9(14)6-13(8)20(18,19)17-12-7-10(16)4-5-11(12)15/h2-7,17H,16H2,1H3. The molecule has 0 amide bonds. The second kappa shape index (κ2) is 5.52. The summed E-state index contributed by atoms with van der Waals surface area (Å²) in [6.45, 7) is 1.69. The molecule has 7 heteroatoms. The quantitative estimate of drug-likeness (QED) is 0.843. The Hall–Kier alpha value is -1.43. The first kappa shape index (κ1) is 15.0. The Morgan fingerprint density at radius 2 is 1.80 bits per heavy atom. The van der Waals surface area contributed by atoms with Crippen LogP contribution in [0.25, 0.3) is 0 Å². The van der Waals surface area contributed by atoms with Gasteiger partial charge < -0.3 is 5.73 Å². The lowest BCUT2D eigenvalue weighted by Crippen LogP contribution is -2.14. The van der Waals surface area contributed by atoms with Gasteiger partial charge in [0.05, 0.1) is 15.6 Å². The molecule has 0 saturated heterocycles. The third kappa shape index (κ3) is 3.17. The van der Waals surface area contributed by atoms with Crippen molar-refractivity contribution in [3.8, 4) is 0 Å². The van der Waals surface area contributed by atoms with Crippen LogP contribution in [0.5, 0.6) is 0 Å². The van der Waals surface area contributed by atoms with Crippen molar-refractivity contribution in [2.24, 2.45) is 0 Å². The van der Waals surface area contributed by atoms with Gasteiger partial charge in [-0.2, -0.15) is 0 Å². The Labute approximate surface area is 127 Å². The highest BCUT2D eigenvalue weighted by Crippen LogP contribution is 2.28. The van der Waals surface area contributed by atoms with Gasteiger partial charge in [0.25, 0.3) is 10.0 Å². The number of rotatable bonds is 3. The average molecular weight is 331 g/mol. The minimum absolute atomic E-state index is 0.100. The fourth-order valence-corrected chi connectivity index (χ4v) is 3.48. The lowest BCUT2D eigenvalue weighted by atomic mass is 10.2. The number of hydrogen-bond donors (Lipinski definition) is 2. The van der Waals surface area contributed by atoms with Crippen molar-refractivity contribution < 1.29 is 8.42 Å². The molecule has 0 aromatic heterocycles. The van der Waals surface area contributed by atoms with Crippen molar-refractivity contribution in [2.75, 3.05) is 10.5 Å². The summed E-state index contributed by atoms with van der Waals surface area (Å²) in [6, 6.07) is 9.23. The fraction of sp³-hybridized carbons (Fsp3) is 0.0769. The molecule has 4 nitrogen and oxygen atoms in total. The molecule has 2 aromatic rings. The van der Waals surface area contributed by atoms with Crippen molar-refractivity contribution >= 4 is 44.6 Å². The Kier molecular flexibility index (Phi) is 4.13. The van der Waals surface area contributed by atoms with Gasteiger partial charge >= 0.3 is 0 Å². The van der Waals surface area contributed by atoms with Crippen molar-refractivity contribution in [3.63, 3.8) is 0 Å². The van der Waals surface area contributed by atoms with Crippen molar-refractivity contribution in [1.82, 2.24) is 0 Å². The first-order valence-corrected chi connectivity index (χ1v) is 7.87. The maximum absolute atomic E-state index is 12.4. The molecule has 0 radical (unpaired) electrons. The van der Waals surface area contributed by atoms with Crippen LogP contribution in [0.2, 0.25) is 10.0 Å². The van der Waals surface area contributed by atoms with E-state index in [1.807, 2.05) is 0 Å². The molecule has 2 rings (SSSR count). The van der Waals surface area contributed by atoms with E-state index in [2.05, 4.69) is 4.72 Å². The summed E-state index contributed by atoms with van der Waals surface area (Å²) in [5.41, 5.74) is 6.85. The average Bonchev–Trinajstić information content (AvgIpc) is 2.36. The van der Waals surface area contributed by atoms with Crippen LogP contribution in [0.15, 0.2) is 41.3 Å². The molecule has 0 unspecified atom stereocenters. The molecule has 0 atom stereocenters. The van der Waals surface area contributed by atoms with Crippen LogP contribution >= 0.6 is 23.2 Å². The maximum Gasteiger partial charge on any atom is 0.262 e. The van der Waals surface area contributed by atoms with Crippen molar-refractivity contribution in [3.05, 3.63) is 52.0 Å². The first-order valence-electron chi connectivity index (χ1n) is 5.63. The van der Waals surface area contributed by atoms with Crippen LogP contribution in [0.4, 0.5) is 11.4 Å². The Balaban J connectivity index is 2.46. The third-order valence-corrected chi connectivity index (χ3v) is 4.75. The van der Waals surface area contributed by atoms with E-state index in [9.17, 15) is 8.42 Å². The van der Waals surface area contributed by atoms with E-state index in [0.717, 1.165) is 0 Å².